The lowest BCUT2D eigenvalue weighted by atomic mass is 9.94. The van der Waals surface area contributed by atoms with Crippen molar-refractivity contribution in [3.05, 3.63) is 71.0 Å². The van der Waals surface area contributed by atoms with E-state index < -0.39 is 23.5 Å². The average Bonchev–Trinajstić information content (AvgIpc) is 3.14. The summed E-state index contributed by atoms with van der Waals surface area (Å²) < 4.78 is 19.0. The van der Waals surface area contributed by atoms with Gasteiger partial charge in [-0.2, -0.15) is 0 Å². The number of hydrogen-bond acceptors (Lipinski definition) is 5. The molecule has 7 heteroatoms. The van der Waals surface area contributed by atoms with Crippen molar-refractivity contribution >= 4 is 17.4 Å². The Morgan fingerprint density at radius 2 is 1.58 bits per heavy atom. The smallest absolute Gasteiger partial charge is 0.295 e. The second kappa shape index (κ2) is 13.2. The third kappa shape index (κ3) is 6.32. The standard InChI is InChI=1S/C29H37FN2O4/c1-4-6-17-31(18-7-5-2)19-10-20-32-26(23-11-8-9-12-24(23)36-3)25(28(34)29(32)35)27(33)21-13-15-22(30)16-14-21/h8-9,11-16,26,33H,4-7,10,17-20H2,1-3H3/t26-/m0/s1. The largest absolute Gasteiger partial charge is 0.507 e. The Balaban J connectivity index is 1.95. The van der Waals surface area contributed by atoms with Crippen molar-refractivity contribution in [1.82, 2.24) is 9.80 Å². The number of aliphatic hydroxyl groups is 1. The molecule has 0 spiro atoms. The second-order valence-electron chi connectivity index (χ2n) is 9.14. The lowest BCUT2D eigenvalue weighted by Crippen LogP contribution is -2.34. The molecule has 0 aliphatic carbocycles. The molecule has 1 aliphatic heterocycles. The van der Waals surface area contributed by atoms with Gasteiger partial charge in [0, 0.05) is 17.7 Å². The number of halogens is 1. The van der Waals surface area contributed by atoms with Crippen LogP contribution >= 0.6 is 0 Å². The summed E-state index contributed by atoms with van der Waals surface area (Å²) >= 11 is 0. The first-order valence-corrected chi connectivity index (χ1v) is 12.8. The van der Waals surface area contributed by atoms with Gasteiger partial charge in [-0.1, -0.05) is 44.9 Å². The number of carbonyl (C=O) groups is 2. The highest BCUT2D eigenvalue weighted by Gasteiger charge is 2.46. The highest BCUT2D eigenvalue weighted by Crippen LogP contribution is 2.42. The topological polar surface area (TPSA) is 70.1 Å². The number of likely N-dealkylation sites (tertiary alicyclic amines) is 1. The Bertz CT molecular complexity index is 1060. The molecule has 194 valence electrons. The van der Waals surface area contributed by atoms with Gasteiger partial charge in [-0.15, -0.1) is 0 Å². The van der Waals surface area contributed by atoms with Crippen molar-refractivity contribution in [1.29, 1.82) is 0 Å². The maximum absolute atomic E-state index is 13.5. The van der Waals surface area contributed by atoms with E-state index in [-0.39, 0.29) is 16.9 Å². The third-order valence-corrected chi connectivity index (χ3v) is 6.62. The van der Waals surface area contributed by atoms with Crippen LogP contribution in [0.5, 0.6) is 5.75 Å². The van der Waals surface area contributed by atoms with Crippen LogP contribution in [-0.2, 0) is 9.59 Å². The average molecular weight is 497 g/mol. The van der Waals surface area contributed by atoms with Crippen molar-refractivity contribution in [3.63, 3.8) is 0 Å². The van der Waals surface area contributed by atoms with Gasteiger partial charge in [-0.3, -0.25) is 9.59 Å². The number of amides is 1. The molecule has 1 aliphatic rings. The predicted octanol–water partition coefficient (Wildman–Crippen LogP) is 5.55. The van der Waals surface area contributed by atoms with E-state index in [0.29, 0.717) is 24.3 Å². The Kier molecular flexibility index (Phi) is 10.1. The number of ketones is 1. The summed E-state index contributed by atoms with van der Waals surface area (Å²) in [5.74, 6) is -1.65. The van der Waals surface area contributed by atoms with Crippen LogP contribution in [0.1, 0.15) is 63.1 Å². The zero-order valence-electron chi connectivity index (χ0n) is 21.5. The first-order chi connectivity index (χ1) is 17.4. The van der Waals surface area contributed by atoms with Crippen LogP contribution in [0, 0.1) is 5.82 Å². The molecule has 1 amide bonds. The first-order valence-electron chi connectivity index (χ1n) is 12.8. The molecule has 0 aromatic heterocycles. The number of aliphatic hydroxyl groups excluding tert-OH is 1. The predicted molar refractivity (Wildman–Crippen MR) is 139 cm³/mol. The Morgan fingerprint density at radius 1 is 0.972 bits per heavy atom. The number of unbranched alkanes of at least 4 members (excludes halogenated alkanes) is 2. The van der Waals surface area contributed by atoms with Crippen LogP contribution in [0.4, 0.5) is 4.39 Å². The lowest BCUT2D eigenvalue weighted by Gasteiger charge is -2.28. The number of nitrogens with zero attached hydrogens (tertiary/aromatic N) is 2. The second-order valence-corrected chi connectivity index (χ2v) is 9.14. The molecule has 2 aromatic rings. The molecule has 1 saturated heterocycles. The molecule has 0 bridgehead atoms. The minimum absolute atomic E-state index is 0.00932. The van der Waals surface area contributed by atoms with Gasteiger partial charge in [0.05, 0.1) is 18.7 Å². The van der Waals surface area contributed by atoms with Gasteiger partial charge >= 0.3 is 0 Å². The van der Waals surface area contributed by atoms with Crippen LogP contribution in [0.3, 0.4) is 0 Å². The maximum Gasteiger partial charge on any atom is 0.295 e. The molecule has 6 nitrogen and oxygen atoms in total. The van der Waals surface area contributed by atoms with Crippen molar-refractivity contribution in [2.75, 3.05) is 33.3 Å². The fraction of sp³-hybridized carbons (Fsp3) is 0.448. The molecule has 0 unspecified atom stereocenters. The highest BCUT2D eigenvalue weighted by atomic mass is 19.1. The summed E-state index contributed by atoms with van der Waals surface area (Å²) in [6, 6.07) is 11.6. The van der Waals surface area contributed by atoms with Crippen molar-refractivity contribution < 1.29 is 23.8 Å². The zero-order valence-corrected chi connectivity index (χ0v) is 21.5. The molecule has 0 radical (unpaired) electrons. The van der Waals surface area contributed by atoms with E-state index in [1.807, 2.05) is 12.1 Å². The molecule has 1 fully saturated rings. The molecule has 1 N–H and O–H groups in total. The minimum Gasteiger partial charge on any atom is -0.507 e. The fourth-order valence-corrected chi connectivity index (χ4v) is 4.65. The van der Waals surface area contributed by atoms with E-state index in [2.05, 4.69) is 18.7 Å². The molecule has 2 aromatic carbocycles. The van der Waals surface area contributed by atoms with E-state index in [0.717, 1.165) is 45.3 Å². The van der Waals surface area contributed by atoms with E-state index in [9.17, 15) is 19.1 Å². The van der Waals surface area contributed by atoms with Crippen LogP contribution in [0.15, 0.2) is 54.1 Å². The van der Waals surface area contributed by atoms with E-state index in [4.69, 9.17) is 4.74 Å². The number of hydrogen-bond donors (Lipinski definition) is 1. The molecule has 1 heterocycles. The third-order valence-electron chi connectivity index (χ3n) is 6.62. The summed E-state index contributed by atoms with van der Waals surface area (Å²) in [5, 5.41) is 11.1. The highest BCUT2D eigenvalue weighted by molar-refractivity contribution is 6.46. The van der Waals surface area contributed by atoms with E-state index in [1.54, 1.807) is 12.1 Å². The van der Waals surface area contributed by atoms with E-state index >= 15 is 0 Å². The number of para-hydroxylation sites is 1. The van der Waals surface area contributed by atoms with Gasteiger partial charge in [-0.25, -0.2) is 4.39 Å². The number of ether oxygens (including phenoxy) is 1. The minimum atomic E-state index is -0.800. The Morgan fingerprint density at radius 3 is 2.19 bits per heavy atom. The number of Topliss-reactive ketones (excluding diaryl/α,β-unsaturated/α-hetero) is 1. The molecule has 0 saturated carbocycles. The van der Waals surface area contributed by atoms with Crippen LogP contribution in [0.25, 0.3) is 5.76 Å². The number of carbonyl (C=O) groups excluding carboxylic acids is 2. The van der Waals surface area contributed by atoms with Gasteiger partial charge < -0.3 is 19.6 Å². The molecular weight excluding hydrogens is 459 g/mol. The van der Waals surface area contributed by atoms with Crippen molar-refractivity contribution in [2.45, 2.75) is 52.0 Å². The quantitative estimate of drug-likeness (QED) is 0.224. The Labute approximate surface area is 213 Å². The monoisotopic (exact) mass is 496 g/mol. The number of methoxy groups -OCH3 is 1. The molecule has 1 atom stereocenters. The fourth-order valence-electron chi connectivity index (χ4n) is 4.65. The summed E-state index contributed by atoms with van der Waals surface area (Å²) in [6.07, 6.45) is 5.17. The van der Waals surface area contributed by atoms with Gasteiger partial charge in [0.2, 0.25) is 0 Å². The van der Waals surface area contributed by atoms with Gasteiger partial charge in [-0.05, 0) is 69.2 Å². The van der Waals surface area contributed by atoms with Crippen molar-refractivity contribution in [3.8, 4) is 5.75 Å². The van der Waals surface area contributed by atoms with Crippen molar-refractivity contribution in [2.24, 2.45) is 0 Å². The zero-order chi connectivity index (χ0) is 26.1. The Hall–Kier alpha value is -3.19. The molecule has 36 heavy (non-hydrogen) atoms. The number of rotatable bonds is 13. The summed E-state index contributed by atoms with van der Waals surface area (Å²) in [5.41, 5.74) is 0.890. The normalized spacial score (nSPS) is 17.2. The summed E-state index contributed by atoms with van der Waals surface area (Å²) in [6.45, 7) is 7.55. The van der Waals surface area contributed by atoms with E-state index in [1.165, 1.54) is 36.3 Å². The molecule has 3 rings (SSSR count). The summed E-state index contributed by atoms with van der Waals surface area (Å²) in [7, 11) is 1.53. The van der Waals surface area contributed by atoms with Gasteiger partial charge in [0.1, 0.15) is 17.3 Å². The molecular formula is C29H37FN2O4. The van der Waals surface area contributed by atoms with Gasteiger partial charge in [0.25, 0.3) is 11.7 Å². The summed E-state index contributed by atoms with van der Waals surface area (Å²) in [4.78, 5) is 30.4. The lowest BCUT2D eigenvalue weighted by molar-refractivity contribution is -0.140. The van der Waals surface area contributed by atoms with Crippen LogP contribution in [-0.4, -0.2) is 59.9 Å². The first kappa shape index (κ1) is 27.4. The SMILES string of the molecule is CCCCN(CCCC)CCCN1C(=O)C(=O)C(=C(O)c2ccc(F)cc2)[C@@H]1c1ccccc1OC. The van der Waals surface area contributed by atoms with Crippen LogP contribution in [0.2, 0.25) is 0 Å². The maximum atomic E-state index is 13.5. The van der Waals surface area contributed by atoms with Crippen LogP contribution < -0.4 is 4.74 Å². The number of benzene rings is 2. The van der Waals surface area contributed by atoms with Gasteiger partial charge in [0.15, 0.2) is 0 Å².